The summed E-state index contributed by atoms with van der Waals surface area (Å²) in [5.41, 5.74) is 1.54. The van der Waals surface area contributed by atoms with Gasteiger partial charge in [0.1, 0.15) is 0 Å². The van der Waals surface area contributed by atoms with Gasteiger partial charge in [-0.3, -0.25) is 0 Å². The Labute approximate surface area is 249 Å². The van der Waals surface area contributed by atoms with Gasteiger partial charge in [-0.05, 0) is 55.5 Å². The molecule has 3 aliphatic rings. The molecule has 2 heterocycles. The van der Waals surface area contributed by atoms with Crippen molar-refractivity contribution in [1.82, 2.24) is 12.9 Å². The molecule has 1 N–H and O–H groups in total. The number of hydrogen-bond acceptors (Lipinski definition) is 5. The van der Waals surface area contributed by atoms with E-state index in [1.807, 2.05) is 31.1 Å². The number of piperidine rings is 1. The van der Waals surface area contributed by atoms with Crippen LogP contribution in [0.15, 0.2) is 41.3 Å². The minimum Gasteiger partial charge on any atom is -0.378 e. The Morgan fingerprint density at radius 3 is 1.90 bits per heavy atom. The Kier molecular flexibility index (Phi) is 11.7. The highest BCUT2D eigenvalue weighted by Crippen LogP contribution is 2.24. The van der Waals surface area contributed by atoms with E-state index in [1.165, 1.54) is 41.3 Å². The molecule has 1 aromatic carbocycles. The molecule has 9 nitrogen and oxygen atoms in total. The third-order valence-electron chi connectivity index (χ3n) is 8.94. The van der Waals surface area contributed by atoms with Crippen LogP contribution in [-0.4, -0.2) is 103 Å². The zero-order chi connectivity index (χ0) is 29.5. The molecule has 11 heteroatoms. The summed E-state index contributed by atoms with van der Waals surface area (Å²) in [6.45, 7) is 9.24. The van der Waals surface area contributed by atoms with Crippen molar-refractivity contribution in [2.75, 3.05) is 77.9 Å². The third kappa shape index (κ3) is 8.76. The number of benzene rings is 1. The second-order valence-electron chi connectivity index (χ2n) is 12.4. The first-order chi connectivity index (χ1) is 19.6. The van der Waals surface area contributed by atoms with Gasteiger partial charge in [-0.1, -0.05) is 32.3 Å². The SMILES string of the molecule is C=C1CN(S(=O)(=O)c2ccc(N(C)C)cc2)CCC[NH+](CC2CCCCC2)CCCN(S(=O)(=O)N2CCCCC2)C1. The average molecular weight is 611 g/mol. The predicted molar refractivity (Wildman–Crippen MR) is 166 cm³/mol. The molecule has 1 unspecified atom stereocenters. The lowest BCUT2D eigenvalue weighted by molar-refractivity contribution is -0.904. The van der Waals surface area contributed by atoms with Gasteiger partial charge in [0.2, 0.25) is 10.0 Å². The maximum Gasteiger partial charge on any atom is 0.282 e. The van der Waals surface area contributed by atoms with Crippen LogP contribution in [0.25, 0.3) is 0 Å². The van der Waals surface area contributed by atoms with Crippen molar-refractivity contribution >= 4 is 25.9 Å². The van der Waals surface area contributed by atoms with Gasteiger partial charge < -0.3 is 9.80 Å². The molecule has 1 saturated carbocycles. The van der Waals surface area contributed by atoms with Crippen LogP contribution in [0.5, 0.6) is 0 Å². The van der Waals surface area contributed by atoms with Gasteiger partial charge in [0, 0.05) is 77.8 Å². The fraction of sp³-hybridized carbons (Fsp3) is 0.733. The molecule has 0 aromatic heterocycles. The zero-order valence-corrected chi connectivity index (χ0v) is 26.9. The van der Waals surface area contributed by atoms with Gasteiger partial charge in [-0.15, -0.1) is 0 Å². The fourth-order valence-electron chi connectivity index (χ4n) is 6.57. The topological polar surface area (TPSA) is 85.7 Å². The van der Waals surface area contributed by atoms with Crippen LogP contribution in [-0.2, 0) is 20.2 Å². The van der Waals surface area contributed by atoms with Crippen molar-refractivity contribution < 1.29 is 21.7 Å². The van der Waals surface area contributed by atoms with E-state index in [4.69, 9.17) is 0 Å². The van der Waals surface area contributed by atoms with E-state index < -0.39 is 20.2 Å². The van der Waals surface area contributed by atoms with Gasteiger partial charge >= 0.3 is 0 Å². The molecule has 2 saturated heterocycles. The number of hydrogen-bond donors (Lipinski definition) is 1. The van der Waals surface area contributed by atoms with Crippen LogP contribution >= 0.6 is 0 Å². The first kappa shape index (κ1) is 32.4. The second kappa shape index (κ2) is 14.8. The van der Waals surface area contributed by atoms with Gasteiger partial charge in [0.25, 0.3) is 10.2 Å². The van der Waals surface area contributed by atoms with Crippen LogP contribution in [0, 0.1) is 5.92 Å². The van der Waals surface area contributed by atoms with Crippen LogP contribution < -0.4 is 9.80 Å². The molecule has 0 amide bonds. The van der Waals surface area contributed by atoms with E-state index in [0.717, 1.165) is 57.4 Å². The van der Waals surface area contributed by atoms with Gasteiger partial charge in [-0.2, -0.15) is 21.3 Å². The van der Waals surface area contributed by atoms with Gasteiger partial charge in [-0.25, -0.2) is 8.42 Å². The lowest BCUT2D eigenvalue weighted by Crippen LogP contribution is -3.12. The molecule has 232 valence electrons. The maximum absolute atomic E-state index is 13.9. The first-order valence-corrected chi connectivity index (χ1v) is 18.4. The lowest BCUT2D eigenvalue weighted by Gasteiger charge is -2.34. The fourth-order valence-corrected chi connectivity index (χ4v) is 9.82. The number of nitrogens with one attached hydrogen (secondary N) is 1. The highest BCUT2D eigenvalue weighted by Gasteiger charge is 2.33. The van der Waals surface area contributed by atoms with Crippen molar-refractivity contribution in [1.29, 1.82) is 0 Å². The molecule has 0 spiro atoms. The highest BCUT2D eigenvalue weighted by atomic mass is 32.2. The molecular weight excluding hydrogens is 558 g/mol. The van der Waals surface area contributed by atoms with E-state index in [-0.39, 0.29) is 18.0 Å². The number of nitrogens with zero attached hydrogens (tertiary/aromatic N) is 4. The Morgan fingerprint density at radius 1 is 0.756 bits per heavy atom. The molecule has 1 atom stereocenters. The summed E-state index contributed by atoms with van der Waals surface area (Å²) >= 11 is 0. The minimum atomic E-state index is -3.78. The molecule has 2 aliphatic heterocycles. The van der Waals surface area contributed by atoms with Crippen LogP contribution in [0.4, 0.5) is 5.69 Å². The van der Waals surface area contributed by atoms with E-state index >= 15 is 0 Å². The molecular formula is C30H52N5O4S2+. The Balaban J connectivity index is 1.57. The van der Waals surface area contributed by atoms with E-state index in [0.29, 0.717) is 37.7 Å². The van der Waals surface area contributed by atoms with E-state index in [9.17, 15) is 16.8 Å². The summed E-state index contributed by atoms with van der Waals surface area (Å²) in [5, 5.41) is 0. The van der Waals surface area contributed by atoms with Crippen LogP contribution in [0.1, 0.15) is 64.2 Å². The predicted octanol–water partition coefficient (Wildman–Crippen LogP) is 2.59. The van der Waals surface area contributed by atoms with Crippen molar-refractivity contribution in [3.05, 3.63) is 36.4 Å². The monoisotopic (exact) mass is 610 g/mol. The normalized spacial score (nSPS) is 24.4. The summed E-state index contributed by atoms with van der Waals surface area (Å²) in [6.07, 6.45) is 10.8. The largest absolute Gasteiger partial charge is 0.378 e. The average Bonchev–Trinajstić information content (AvgIpc) is 2.96. The molecule has 41 heavy (non-hydrogen) atoms. The molecule has 0 radical (unpaired) electrons. The van der Waals surface area contributed by atoms with Crippen LogP contribution in [0.3, 0.4) is 0 Å². The summed E-state index contributed by atoms with van der Waals surface area (Å²) in [4.78, 5) is 3.67. The van der Waals surface area contributed by atoms with E-state index in [2.05, 4.69) is 6.58 Å². The Bertz CT molecular complexity index is 1190. The van der Waals surface area contributed by atoms with E-state index in [1.54, 1.807) is 20.7 Å². The Hall–Kier alpha value is -1.50. The zero-order valence-electron chi connectivity index (χ0n) is 25.3. The molecule has 1 aliphatic carbocycles. The summed E-state index contributed by atoms with van der Waals surface area (Å²) in [7, 11) is -3.57. The second-order valence-corrected chi connectivity index (χ2v) is 16.3. The molecule has 1 aromatic rings. The van der Waals surface area contributed by atoms with Gasteiger partial charge in [0.05, 0.1) is 24.5 Å². The van der Waals surface area contributed by atoms with Crippen molar-refractivity contribution in [3.8, 4) is 0 Å². The summed E-state index contributed by atoms with van der Waals surface area (Å²) in [5.74, 6) is 0.703. The number of rotatable bonds is 7. The molecule has 0 bridgehead atoms. The smallest absolute Gasteiger partial charge is 0.282 e. The summed E-state index contributed by atoms with van der Waals surface area (Å²) < 4.78 is 60.0. The van der Waals surface area contributed by atoms with Crippen molar-refractivity contribution in [2.45, 2.75) is 69.1 Å². The molecule has 4 rings (SSSR count). The molecule has 3 fully saturated rings. The minimum absolute atomic E-state index is 0.113. The third-order valence-corrected chi connectivity index (χ3v) is 12.8. The van der Waals surface area contributed by atoms with Gasteiger partial charge in [0.15, 0.2) is 0 Å². The van der Waals surface area contributed by atoms with Crippen molar-refractivity contribution in [3.63, 3.8) is 0 Å². The lowest BCUT2D eigenvalue weighted by atomic mass is 9.89. The highest BCUT2D eigenvalue weighted by molar-refractivity contribution is 7.89. The first-order valence-electron chi connectivity index (χ1n) is 15.6. The quantitative estimate of drug-likeness (QED) is 0.480. The number of quaternary nitrogens is 1. The number of anilines is 1. The standard InChI is InChI=1S/C30H51N5O4S2/c1-27-24-34(40(36,37)30-16-14-29(15-17-30)31(2)3)22-10-18-32(26-28-12-6-4-7-13-28)19-11-23-35(25-27)41(38,39)33-20-8-5-9-21-33/h14-17,28H,1,4-13,18-26H2,2-3H3/p+1. The van der Waals surface area contributed by atoms with Crippen molar-refractivity contribution in [2.24, 2.45) is 5.92 Å². The van der Waals surface area contributed by atoms with Crippen LogP contribution in [0.2, 0.25) is 0 Å². The summed E-state index contributed by atoms with van der Waals surface area (Å²) in [6, 6.07) is 6.97. The number of sulfonamides is 1. The maximum atomic E-state index is 13.9. The Morgan fingerprint density at radius 2 is 1.29 bits per heavy atom.